The van der Waals surface area contributed by atoms with Crippen molar-refractivity contribution in [1.29, 1.82) is 0 Å². The number of aliphatic hydroxyl groups is 1. The molecule has 1 aliphatic heterocycles. The SMILES string of the molecule is CCNC(CO)CCN1CC(OC)C(OC)C1. The number of hydrogen-bond acceptors (Lipinski definition) is 5. The van der Waals surface area contributed by atoms with Gasteiger partial charge < -0.3 is 19.9 Å². The molecule has 0 amide bonds. The number of ether oxygens (including phenoxy) is 2. The minimum atomic E-state index is 0.173. The summed E-state index contributed by atoms with van der Waals surface area (Å²) in [5.74, 6) is 0. The quantitative estimate of drug-likeness (QED) is 0.615. The second-order valence-corrected chi connectivity index (χ2v) is 4.53. The molecule has 0 saturated carbocycles. The Morgan fingerprint density at radius 1 is 1.29 bits per heavy atom. The van der Waals surface area contributed by atoms with E-state index >= 15 is 0 Å². The maximum Gasteiger partial charge on any atom is 0.0971 e. The first kappa shape index (κ1) is 14.9. The number of hydrogen-bond donors (Lipinski definition) is 2. The topological polar surface area (TPSA) is 54.0 Å². The molecule has 0 spiro atoms. The van der Waals surface area contributed by atoms with Crippen LogP contribution < -0.4 is 5.32 Å². The molecule has 5 nitrogen and oxygen atoms in total. The fourth-order valence-corrected chi connectivity index (χ4v) is 2.34. The lowest BCUT2D eigenvalue weighted by Gasteiger charge is -2.20. The zero-order chi connectivity index (χ0) is 12.7. The van der Waals surface area contributed by atoms with E-state index in [1.54, 1.807) is 14.2 Å². The highest BCUT2D eigenvalue weighted by molar-refractivity contribution is 4.86. The summed E-state index contributed by atoms with van der Waals surface area (Å²) < 4.78 is 10.8. The van der Waals surface area contributed by atoms with Gasteiger partial charge in [0.2, 0.25) is 0 Å². The molecule has 0 radical (unpaired) electrons. The van der Waals surface area contributed by atoms with Gasteiger partial charge in [-0.25, -0.2) is 0 Å². The Bertz CT molecular complexity index is 192. The van der Waals surface area contributed by atoms with Crippen LogP contribution in [-0.2, 0) is 9.47 Å². The molecule has 102 valence electrons. The van der Waals surface area contributed by atoms with Crippen LogP contribution in [0.2, 0.25) is 0 Å². The predicted molar refractivity (Wildman–Crippen MR) is 67.2 cm³/mol. The highest BCUT2D eigenvalue weighted by atomic mass is 16.5. The number of nitrogens with zero attached hydrogens (tertiary/aromatic N) is 1. The van der Waals surface area contributed by atoms with Gasteiger partial charge in [0, 0.05) is 33.4 Å². The summed E-state index contributed by atoms with van der Waals surface area (Å²) >= 11 is 0. The van der Waals surface area contributed by atoms with E-state index in [0.29, 0.717) is 0 Å². The molecule has 1 rings (SSSR count). The molecule has 1 heterocycles. The number of rotatable bonds is 8. The first-order valence-electron chi connectivity index (χ1n) is 6.37. The molecule has 3 unspecified atom stereocenters. The lowest BCUT2D eigenvalue weighted by atomic mass is 10.2. The van der Waals surface area contributed by atoms with E-state index in [-0.39, 0.29) is 24.9 Å². The van der Waals surface area contributed by atoms with Crippen LogP contribution in [0.25, 0.3) is 0 Å². The van der Waals surface area contributed by atoms with E-state index in [0.717, 1.165) is 32.6 Å². The van der Waals surface area contributed by atoms with Crippen LogP contribution in [0.1, 0.15) is 13.3 Å². The van der Waals surface area contributed by atoms with Crippen molar-refractivity contribution in [3.05, 3.63) is 0 Å². The lowest BCUT2D eigenvalue weighted by molar-refractivity contribution is -0.00461. The van der Waals surface area contributed by atoms with Crippen LogP contribution in [0, 0.1) is 0 Å². The Hall–Kier alpha value is -0.200. The molecule has 5 heteroatoms. The molecule has 0 aliphatic carbocycles. The second-order valence-electron chi connectivity index (χ2n) is 4.53. The van der Waals surface area contributed by atoms with Crippen molar-refractivity contribution < 1.29 is 14.6 Å². The van der Waals surface area contributed by atoms with Crippen LogP contribution in [0.15, 0.2) is 0 Å². The van der Waals surface area contributed by atoms with E-state index in [4.69, 9.17) is 9.47 Å². The number of aliphatic hydroxyl groups excluding tert-OH is 1. The average Bonchev–Trinajstić information content (AvgIpc) is 2.76. The Kier molecular flexibility index (Phi) is 6.99. The summed E-state index contributed by atoms with van der Waals surface area (Å²) in [6.07, 6.45) is 1.30. The highest BCUT2D eigenvalue weighted by Gasteiger charge is 2.32. The molecule has 1 fully saturated rings. The van der Waals surface area contributed by atoms with Gasteiger partial charge in [-0.15, -0.1) is 0 Å². The molecule has 17 heavy (non-hydrogen) atoms. The van der Waals surface area contributed by atoms with Crippen molar-refractivity contribution in [3.8, 4) is 0 Å². The number of nitrogens with one attached hydrogen (secondary N) is 1. The predicted octanol–water partition coefficient (Wildman–Crippen LogP) is -0.307. The Labute approximate surface area is 104 Å². The van der Waals surface area contributed by atoms with Crippen LogP contribution in [0.4, 0.5) is 0 Å². The summed E-state index contributed by atoms with van der Waals surface area (Å²) in [4.78, 5) is 2.34. The summed E-state index contributed by atoms with van der Waals surface area (Å²) in [6, 6.07) is 0.197. The molecule has 1 aliphatic rings. The van der Waals surface area contributed by atoms with Crippen molar-refractivity contribution in [2.75, 3.05) is 47.0 Å². The van der Waals surface area contributed by atoms with Crippen LogP contribution in [-0.4, -0.2) is 75.3 Å². The van der Waals surface area contributed by atoms with Gasteiger partial charge in [-0.3, -0.25) is 4.90 Å². The van der Waals surface area contributed by atoms with Gasteiger partial charge in [0.05, 0.1) is 18.8 Å². The summed E-state index contributed by atoms with van der Waals surface area (Å²) in [7, 11) is 3.46. The third-order valence-electron chi connectivity index (χ3n) is 3.40. The van der Waals surface area contributed by atoms with Gasteiger partial charge in [0.1, 0.15) is 0 Å². The molecular formula is C12H26N2O3. The Balaban J connectivity index is 2.28. The van der Waals surface area contributed by atoms with Gasteiger partial charge in [-0.05, 0) is 19.5 Å². The minimum absolute atomic E-state index is 0.173. The smallest absolute Gasteiger partial charge is 0.0971 e. The fourth-order valence-electron chi connectivity index (χ4n) is 2.34. The zero-order valence-corrected chi connectivity index (χ0v) is 11.2. The van der Waals surface area contributed by atoms with E-state index in [1.165, 1.54) is 0 Å². The Morgan fingerprint density at radius 2 is 1.88 bits per heavy atom. The van der Waals surface area contributed by atoms with Crippen molar-refractivity contribution in [2.45, 2.75) is 31.6 Å². The summed E-state index contributed by atoms with van der Waals surface area (Å²) in [5, 5.41) is 12.5. The molecule has 2 N–H and O–H groups in total. The van der Waals surface area contributed by atoms with Gasteiger partial charge in [-0.2, -0.15) is 0 Å². The third-order valence-corrected chi connectivity index (χ3v) is 3.40. The van der Waals surface area contributed by atoms with Gasteiger partial charge in [0.25, 0.3) is 0 Å². The first-order valence-corrected chi connectivity index (χ1v) is 6.37. The number of methoxy groups -OCH3 is 2. The van der Waals surface area contributed by atoms with Crippen molar-refractivity contribution in [1.82, 2.24) is 10.2 Å². The van der Waals surface area contributed by atoms with Crippen LogP contribution in [0.5, 0.6) is 0 Å². The molecular weight excluding hydrogens is 220 g/mol. The molecule has 0 aromatic carbocycles. The number of likely N-dealkylation sites (tertiary alicyclic amines) is 1. The molecule has 1 saturated heterocycles. The molecule has 0 bridgehead atoms. The normalized spacial score (nSPS) is 27.5. The summed E-state index contributed by atoms with van der Waals surface area (Å²) in [5.41, 5.74) is 0. The maximum atomic E-state index is 9.20. The third kappa shape index (κ3) is 4.52. The largest absolute Gasteiger partial charge is 0.395 e. The van der Waals surface area contributed by atoms with E-state index in [1.807, 2.05) is 0 Å². The number of likely N-dealkylation sites (N-methyl/N-ethyl adjacent to an activating group) is 1. The highest BCUT2D eigenvalue weighted by Crippen LogP contribution is 2.16. The monoisotopic (exact) mass is 246 g/mol. The van der Waals surface area contributed by atoms with E-state index < -0.39 is 0 Å². The van der Waals surface area contributed by atoms with Gasteiger partial charge in [0.15, 0.2) is 0 Å². The van der Waals surface area contributed by atoms with E-state index in [2.05, 4.69) is 17.1 Å². The van der Waals surface area contributed by atoms with Crippen LogP contribution in [0.3, 0.4) is 0 Å². The molecule has 0 aromatic heterocycles. The average molecular weight is 246 g/mol. The van der Waals surface area contributed by atoms with E-state index in [9.17, 15) is 5.11 Å². The second kappa shape index (κ2) is 8.00. The van der Waals surface area contributed by atoms with Crippen LogP contribution >= 0.6 is 0 Å². The van der Waals surface area contributed by atoms with Crippen molar-refractivity contribution in [3.63, 3.8) is 0 Å². The standard InChI is InChI=1S/C12H26N2O3/c1-4-13-10(9-15)5-6-14-7-11(16-2)12(8-14)17-3/h10-13,15H,4-9H2,1-3H3. The minimum Gasteiger partial charge on any atom is -0.395 e. The molecule has 0 aromatic rings. The molecule has 3 atom stereocenters. The zero-order valence-electron chi connectivity index (χ0n) is 11.2. The summed E-state index contributed by atoms with van der Waals surface area (Å²) in [6.45, 7) is 5.95. The Morgan fingerprint density at radius 3 is 2.29 bits per heavy atom. The van der Waals surface area contributed by atoms with Gasteiger partial charge >= 0.3 is 0 Å². The van der Waals surface area contributed by atoms with Gasteiger partial charge in [-0.1, -0.05) is 6.92 Å². The fraction of sp³-hybridized carbons (Fsp3) is 1.00. The lowest BCUT2D eigenvalue weighted by Crippen LogP contribution is -2.36. The van der Waals surface area contributed by atoms with Crippen molar-refractivity contribution >= 4 is 0 Å². The first-order chi connectivity index (χ1) is 8.24. The van der Waals surface area contributed by atoms with Crippen molar-refractivity contribution in [2.24, 2.45) is 0 Å². The maximum absolute atomic E-state index is 9.20.